The van der Waals surface area contributed by atoms with Crippen LogP contribution >= 0.6 is 27.5 Å². The Balaban J connectivity index is 2.07. The van der Waals surface area contributed by atoms with Gasteiger partial charge in [-0.2, -0.15) is 0 Å². The molecule has 0 spiro atoms. The van der Waals surface area contributed by atoms with E-state index in [9.17, 15) is 9.90 Å². The van der Waals surface area contributed by atoms with Crippen molar-refractivity contribution in [3.8, 4) is 17.2 Å². The van der Waals surface area contributed by atoms with Gasteiger partial charge in [0.1, 0.15) is 5.75 Å². The van der Waals surface area contributed by atoms with Gasteiger partial charge in [-0.15, -0.1) is 0 Å². The smallest absolute Gasteiger partial charge is 0.232 e. The molecule has 124 valence electrons. The van der Waals surface area contributed by atoms with Crippen LogP contribution in [-0.2, 0) is 0 Å². The maximum Gasteiger partial charge on any atom is 0.232 e. The molecule has 1 N–H and O–H groups in total. The second-order valence-corrected chi connectivity index (χ2v) is 6.73. The number of phenolic OH excluding ortho intramolecular Hbond substituents is 1. The molecule has 0 radical (unpaired) electrons. The van der Waals surface area contributed by atoms with Crippen molar-refractivity contribution in [2.24, 2.45) is 0 Å². The number of Topliss-reactive ketones (excluding diaryl/α,β-unsaturated/α-hetero) is 1. The summed E-state index contributed by atoms with van der Waals surface area (Å²) in [5, 5.41) is 10.4. The monoisotopic (exact) mass is 408 g/mol. The fourth-order valence-electron chi connectivity index (χ4n) is 2.65. The normalized spacial score (nSPS) is 14.7. The van der Waals surface area contributed by atoms with Crippen LogP contribution in [0.25, 0.3) is 6.08 Å². The third kappa shape index (κ3) is 2.68. The van der Waals surface area contributed by atoms with Crippen LogP contribution < -0.4 is 9.47 Å². The van der Waals surface area contributed by atoms with Crippen LogP contribution in [0.15, 0.2) is 28.4 Å². The van der Waals surface area contributed by atoms with E-state index in [1.54, 1.807) is 31.2 Å². The van der Waals surface area contributed by atoms with Gasteiger partial charge in [0.15, 0.2) is 17.3 Å². The highest BCUT2D eigenvalue weighted by molar-refractivity contribution is 9.10. The lowest BCUT2D eigenvalue weighted by Crippen LogP contribution is -2.00. The van der Waals surface area contributed by atoms with Crippen LogP contribution in [0, 0.1) is 13.8 Å². The average molecular weight is 410 g/mol. The molecule has 0 saturated carbocycles. The van der Waals surface area contributed by atoms with Crippen LogP contribution in [-0.4, -0.2) is 18.0 Å². The topological polar surface area (TPSA) is 55.8 Å². The molecule has 0 saturated heterocycles. The number of aryl methyl sites for hydroxylation is 1. The number of hydrogen-bond donors (Lipinski definition) is 1. The average Bonchev–Trinajstić information content (AvgIpc) is 2.84. The molecule has 2 aromatic carbocycles. The van der Waals surface area contributed by atoms with Crippen LogP contribution in [0.4, 0.5) is 0 Å². The van der Waals surface area contributed by atoms with Gasteiger partial charge in [-0.05, 0) is 70.7 Å². The lowest BCUT2D eigenvalue weighted by Gasteiger charge is -2.07. The molecule has 1 aliphatic rings. The van der Waals surface area contributed by atoms with Gasteiger partial charge in [0, 0.05) is 5.02 Å². The molecular weight excluding hydrogens is 396 g/mol. The van der Waals surface area contributed by atoms with E-state index in [1.165, 1.54) is 7.11 Å². The zero-order chi connectivity index (χ0) is 17.6. The molecule has 2 aromatic rings. The standard InChI is InChI=1S/C18H14BrClO4/c1-8-4-12-15(9(2)16(8)20)18(22)14(24-12)7-10-5-11(19)17(21)13(6-10)23-3/h4-7,21H,1-3H3/b14-7-. The second-order valence-electron chi connectivity index (χ2n) is 5.50. The van der Waals surface area contributed by atoms with Crippen molar-refractivity contribution in [1.82, 2.24) is 0 Å². The molecule has 6 heteroatoms. The molecule has 0 atom stereocenters. The molecule has 0 unspecified atom stereocenters. The number of ether oxygens (including phenoxy) is 2. The molecule has 4 nitrogen and oxygen atoms in total. The molecule has 1 heterocycles. The first-order chi connectivity index (χ1) is 11.3. The van der Waals surface area contributed by atoms with Crippen molar-refractivity contribution in [3.05, 3.63) is 55.7 Å². The predicted molar refractivity (Wildman–Crippen MR) is 96.2 cm³/mol. The van der Waals surface area contributed by atoms with Gasteiger partial charge in [0.25, 0.3) is 0 Å². The number of rotatable bonds is 2. The molecule has 0 aliphatic carbocycles. The minimum absolute atomic E-state index is 0.000135. The Morgan fingerprint density at radius 3 is 2.67 bits per heavy atom. The number of benzene rings is 2. The molecule has 1 aliphatic heterocycles. The predicted octanol–water partition coefficient (Wildman–Crippen LogP) is 5.05. The number of carbonyl (C=O) groups excluding carboxylic acids is 1. The summed E-state index contributed by atoms with van der Waals surface area (Å²) in [6, 6.07) is 5.06. The van der Waals surface area contributed by atoms with Crippen molar-refractivity contribution >= 4 is 39.4 Å². The fourth-order valence-corrected chi connectivity index (χ4v) is 3.26. The van der Waals surface area contributed by atoms with Gasteiger partial charge in [0.2, 0.25) is 5.78 Å². The van der Waals surface area contributed by atoms with Crippen molar-refractivity contribution in [3.63, 3.8) is 0 Å². The number of hydrogen-bond acceptors (Lipinski definition) is 4. The van der Waals surface area contributed by atoms with Crippen LogP contribution in [0.2, 0.25) is 5.02 Å². The van der Waals surface area contributed by atoms with E-state index in [0.29, 0.717) is 37.7 Å². The van der Waals surface area contributed by atoms with Crippen molar-refractivity contribution in [2.45, 2.75) is 13.8 Å². The van der Waals surface area contributed by atoms with Crippen molar-refractivity contribution in [1.29, 1.82) is 0 Å². The third-order valence-corrected chi connectivity index (χ3v) is 5.07. The van der Waals surface area contributed by atoms with Crippen molar-refractivity contribution in [2.75, 3.05) is 7.11 Å². The highest BCUT2D eigenvalue weighted by Gasteiger charge is 2.31. The summed E-state index contributed by atoms with van der Waals surface area (Å²) in [7, 11) is 1.46. The Labute approximate surface area is 152 Å². The number of allylic oxidation sites excluding steroid dienone is 1. The highest BCUT2D eigenvalue weighted by Crippen LogP contribution is 2.40. The molecular formula is C18H14BrClO4. The maximum absolute atomic E-state index is 12.6. The number of fused-ring (bicyclic) bond motifs is 1. The van der Waals surface area contributed by atoms with Gasteiger partial charge in [-0.3, -0.25) is 4.79 Å². The van der Waals surface area contributed by atoms with Gasteiger partial charge in [-0.25, -0.2) is 0 Å². The molecule has 24 heavy (non-hydrogen) atoms. The number of phenols is 1. The number of aromatic hydroxyl groups is 1. The first-order valence-electron chi connectivity index (χ1n) is 7.14. The summed E-state index contributed by atoms with van der Waals surface area (Å²) in [6.07, 6.45) is 1.61. The van der Waals surface area contributed by atoms with E-state index in [-0.39, 0.29) is 17.3 Å². The summed E-state index contributed by atoms with van der Waals surface area (Å²) in [5.74, 6) is 0.798. The van der Waals surface area contributed by atoms with Crippen LogP contribution in [0.3, 0.4) is 0 Å². The van der Waals surface area contributed by atoms with Crippen LogP contribution in [0.1, 0.15) is 27.0 Å². The van der Waals surface area contributed by atoms with E-state index < -0.39 is 0 Å². The van der Waals surface area contributed by atoms with Gasteiger partial charge in [-0.1, -0.05) is 11.6 Å². The van der Waals surface area contributed by atoms with E-state index >= 15 is 0 Å². The summed E-state index contributed by atoms with van der Waals surface area (Å²) in [4.78, 5) is 12.6. The summed E-state index contributed by atoms with van der Waals surface area (Å²) in [6.45, 7) is 3.67. The number of ketones is 1. The SMILES string of the molecule is COc1cc(/C=C2\Oc3cc(C)c(Cl)c(C)c3C2=O)cc(Br)c1O. The summed E-state index contributed by atoms with van der Waals surface area (Å²) in [5.41, 5.74) is 2.72. The van der Waals surface area contributed by atoms with Gasteiger partial charge < -0.3 is 14.6 Å². The van der Waals surface area contributed by atoms with Gasteiger partial charge in [0.05, 0.1) is 17.1 Å². The first-order valence-corrected chi connectivity index (χ1v) is 8.31. The molecule has 0 bridgehead atoms. The Hall–Kier alpha value is -1.98. The molecule has 0 fully saturated rings. The maximum atomic E-state index is 12.6. The quantitative estimate of drug-likeness (QED) is 0.705. The lowest BCUT2D eigenvalue weighted by molar-refractivity contribution is 0.101. The Kier molecular flexibility index (Phi) is 4.32. The third-order valence-electron chi connectivity index (χ3n) is 3.88. The van der Waals surface area contributed by atoms with E-state index in [1.807, 2.05) is 6.92 Å². The number of halogens is 2. The van der Waals surface area contributed by atoms with Crippen molar-refractivity contribution < 1.29 is 19.4 Å². The highest BCUT2D eigenvalue weighted by atomic mass is 79.9. The van der Waals surface area contributed by atoms with E-state index in [4.69, 9.17) is 21.1 Å². The lowest BCUT2D eigenvalue weighted by atomic mass is 10.0. The van der Waals surface area contributed by atoms with Gasteiger partial charge >= 0.3 is 0 Å². The minimum atomic E-state index is -0.215. The Morgan fingerprint density at radius 1 is 1.29 bits per heavy atom. The number of carbonyl (C=O) groups is 1. The largest absolute Gasteiger partial charge is 0.503 e. The molecule has 0 amide bonds. The second kappa shape index (κ2) is 6.15. The van der Waals surface area contributed by atoms with E-state index in [2.05, 4.69) is 15.9 Å². The fraction of sp³-hybridized carbons (Fsp3) is 0.167. The summed E-state index contributed by atoms with van der Waals surface area (Å²) < 4.78 is 11.3. The zero-order valence-corrected chi connectivity index (χ0v) is 15.6. The van der Waals surface area contributed by atoms with Crippen LogP contribution in [0.5, 0.6) is 17.2 Å². The number of methoxy groups -OCH3 is 1. The first kappa shape index (κ1) is 16.9. The van der Waals surface area contributed by atoms with E-state index in [0.717, 1.165) is 5.56 Å². The molecule has 0 aromatic heterocycles. The Bertz CT molecular complexity index is 903. The minimum Gasteiger partial charge on any atom is -0.503 e. The summed E-state index contributed by atoms with van der Waals surface area (Å²) >= 11 is 9.49. The molecule has 3 rings (SSSR count). The Morgan fingerprint density at radius 2 is 2.00 bits per heavy atom. The zero-order valence-electron chi connectivity index (χ0n) is 13.2.